The summed E-state index contributed by atoms with van der Waals surface area (Å²) in [6, 6.07) is 2.82. The SMILES string of the molecule is CCCC1CC1n1c(C)cc2c1CCCC2=O. The van der Waals surface area contributed by atoms with Crippen LogP contribution in [0.3, 0.4) is 0 Å². The third kappa shape index (κ3) is 1.74. The molecule has 1 aromatic heterocycles. The van der Waals surface area contributed by atoms with Crippen molar-refractivity contribution in [3.8, 4) is 0 Å². The summed E-state index contributed by atoms with van der Waals surface area (Å²) >= 11 is 0. The van der Waals surface area contributed by atoms with Crippen molar-refractivity contribution >= 4 is 5.78 Å². The van der Waals surface area contributed by atoms with Gasteiger partial charge < -0.3 is 4.57 Å². The van der Waals surface area contributed by atoms with Crippen molar-refractivity contribution in [1.82, 2.24) is 4.57 Å². The molecule has 0 bridgehead atoms. The molecule has 2 nitrogen and oxygen atoms in total. The first kappa shape index (κ1) is 11.1. The van der Waals surface area contributed by atoms with E-state index in [1.54, 1.807) is 0 Å². The van der Waals surface area contributed by atoms with Crippen molar-refractivity contribution < 1.29 is 4.79 Å². The molecule has 0 spiro atoms. The molecule has 0 saturated heterocycles. The van der Waals surface area contributed by atoms with Gasteiger partial charge in [0, 0.05) is 29.4 Å². The van der Waals surface area contributed by atoms with E-state index in [4.69, 9.17) is 0 Å². The van der Waals surface area contributed by atoms with E-state index < -0.39 is 0 Å². The Morgan fingerprint density at radius 1 is 1.41 bits per heavy atom. The van der Waals surface area contributed by atoms with Gasteiger partial charge in [-0.2, -0.15) is 0 Å². The van der Waals surface area contributed by atoms with Gasteiger partial charge in [0.15, 0.2) is 5.78 Å². The zero-order valence-electron chi connectivity index (χ0n) is 10.8. The zero-order valence-corrected chi connectivity index (χ0v) is 10.8. The molecule has 2 unspecified atom stereocenters. The average molecular weight is 231 g/mol. The van der Waals surface area contributed by atoms with Gasteiger partial charge >= 0.3 is 0 Å². The number of carbonyl (C=O) groups excluding carboxylic acids is 1. The van der Waals surface area contributed by atoms with Crippen molar-refractivity contribution in [2.45, 2.75) is 58.4 Å². The molecule has 2 aliphatic carbocycles. The number of hydrogen-bond acceptors (Lipinski definition) is 1. The van der Waals surface area contributed by atoms with Crippen molar-refractivity contribution in [2.24, 2.45) is 5.92 Å². The highest BCUT2D eigenvalue weighted by atomic mass is 16.1. The lowest BCUT2D eigenvalue weighted by Crippen LogP contribution is -2.13. The largest absolute Gasteiger partial charge is 0.345 e. The molecule has 1 heterocycles. The van der Waals surface area contributed by atoms with E-state index in [1.165, 1.54) is 30.7 Å². The van der Waals surface area contributed by atoms with Gasteiger partial charge in [-0.1, -0.05) is 13.3 Å². The maximum atomic E-state index is 11.9. The van der Waals surface area contributed by atoms with Crippen molar-refractivity contribution in [3.05, 3.63) is 23.0 Å². The maximum Gasteiger partial charge on any atom is 0.164 e. The first-order chi connectivity index (χ1) is 8.22. The number of Topliss-reactive ketones (excluding diaryl/α,β-unsaturated/α-hetero) is 1. The lowest BCUT2D eigenvalue weighted by molar-refractivity contribution is 0.0971. The summed E-state index contributed by atoms with van der Waals surface area (Å²) < 4.78 is 2.48. The smallest absolute Gasteiger partial charge is 0.164 e. The highest BCUT2D eigenvalue weighted by molar-refractivity contribution is 5.98. The van der Waals surface area contributed by atoms with Crippen LogP contribution in [0.1, 0.15) is 66.8 Å². The number of rotatable bonds is 3. The molecule has 2 heteroatoms. The maximum absolute atomic E-state index is 11.9. The summed E-state index contributed by atoms with van der Waals surface area (Å²) in [4.78, 5) is 11.9. The first-order valence-electron chi connectivity index (χ1n) is 6.96. The van der Waals surface area contributed by atoms with Crippen LogP contribution >= 0.6 is 0 Å². The lowest BCUT2D eigenvalue weighted by Gasteiger charge is -2.16. The van der Waals surface area contributed by atoms with Gasteiger partial charge in [-0.15, -0.1) is 0 Å². The summed E-state index contributed by atoms with van der Waals surface area (Å²) in [7, 11) is 0. The molecule has 2 atom stereocenters. The van der Waals surface area contributed by atoms with Gasteiger partial charge in [-0.05, 0) is 44.6 Å². The van der Waals surface area contributed by atoms with Crippen molar-refractivity contribution in [1.29, 1.82) is 0 Å². The van der Waals surface area contributed by atoms with Crippen LogP contribution in [0.2, 0.25) is 0 Å². The van der Waals surface area contributed by atoms with Crippen LogP contribution in [0, 0.1) is 12.8 Å². The highest BCUT2D eigenvalue weighted by Gasteiger charge is 2.40. The molecule has 2 aliphatic rings. The van der Waals surface area contributed by atoms with Gasteiger partial charge in [0.05, 0.1) is 0 Å². The molecule has 0 aliphatic heterocycles. The molecule has 3 rings (SSSR count). The van der Waals surface area contributed by atoms with Crippen LogP contribution in [0.5, 0.6) is 0 Å². The molecular formula is C15H21NO. The Hall–Kier alpha value is -1.05. The molecule has 17 heavy (non-hydrogen) atoms. The summed E-state index contributed by atoms with van der Waals surface area (Å²) in [6.07, 6.45) is 6.84. The summed E-state index contributed by atoms with van der Waals surface area (Å²) in [6.45, 7) is 4.42. The number of aromatic nitrogens is 1. The van der Waals surface area contributed by atoms with Crippen LogP contribution < -0.4 is 0 Å². The molecule has 0 N–H and O–H groups in total. The van der Waals surface area contributed by atoms with Gasteiger partial charge in [-0.25, -0.2) is 0 Å². The zero-order chi connectivity index (χ0) is 12.0. The van der Waals surface area contributed by atoms with E-state index in [2.05, 4.69) is 24.5 Å². The van der Waals surface area contributed by atoms with Gasteiger partial charge in [0.25, 0.3) is 0 Å². The molecule has 0 radical (unpaired) electrons. The second-order valence-electron chi connectivity index (χ2n) is 5.64. The fourth-order valence-corrected chi connectivity index (χ4v) is 3.44. The van der Waals surface area contributed by atoms with E-state index in [0.29, 0.717) is 11.8 Å². The first-order valence-corrected chi connectivity index (χ1v) is 6.96. The molecule has 1 fully saturated rings. The lowest BCUT2D eigenvalue weighted by atomic mass is 9.96. The Balaban J connectivity index is 1.93. The number of hydrogen-bond donors (Lipinski definition) is 0. The Bertz CT molecular complexity index is 458. The second kappa shape index (κ2) is 4.01. The third-order valence-corrected chi connectivity index (χ3v) is 4.33. The quantitative estimate of drug-likeness (QED) is 0.778. The van der Waals surface area contributed by atoms with E-state index in [9.17, 15) is 4.79 Å². The van der Waals surface area contributed by atoms with Gasteiger partial charge in [0.1, 0.15) is 0 Å². The third-order valence-electron chi connectivity index (χ3n) is 4.33. The van der Waals surface area contributed by atoms with Crippen LogP contribution in [0.15, 0.2) is 6.07 Å². The standard InChI is InChI=1S/C15H21NO/c1-3-5-11-9-14(11)16-10(2)8-12-13(16)6-4-7-15(12)17/h8,11,14H,3-7,9H2,1-2H3. The number of fused-ring (bicyclic) bond motifs is 1. The van der Waals surface area contributed by atoms with Crippen LogP contribution in [0.25, 0.3) is 0 Å². The van der Waals surface area contributed by atoms with Gasteiger partial charge in [-0.3, -0.25) is 4.79 Å². The molecule has 0 aromatic carbocycles. The fourth-order valence-electron chi connectivity index (χ4n) is 3.44. The monoisotopic (exact) mass is 231 g/mol. The topological polar surface area (TPSA) is 22.0 Å². The molecular weight excluding hydrogens is 210 g/mol. The highest BCUT2D eigenvalue weighted by Crippen LogP contribution is 2.48. The fraction of sp³-hybridized carbons (Fsp3) is 0.667. The summed E-state index contributed by atoms with van der Waals surface area (Å²) in [5.74, 6) is 1.23. The molecule has 92 valence electrons. The van der Waals surface area contributed by atoms with Gasteiger partial charge in [0.2, 0.25) is 0 Å². The summed E-state index contributed by atoms with van der Waals surface area (Å²) in [5, 5.41) is 0. The van der Waals surface area contributed by atoms with Crippen LogP contribution in [-0.2, 0) is 6.42 Å². The number of ketones is 1. The minimum atomic E-state index is 0.362. The second-order valence-corrected chi connectivity index (χ2v) is 5.64. The Morgan fingerprint density at radius 3 is 3.00 bits per heavy atom. The average Bonchev–Trinajstić information content (AvgIpc) is 2.94. The van der Waals surface area contributed by atoms with E-state index in [-0.39, 0.29) is 0 Å². The molecule has 0 amide bonds. The Labute approximate surface area is 103 Å². The van der Waals surface area contributed by atoms with E-state index in [1.807, 2.05) is 0 Å². The number of nitrogens with zero attached hydrogens (tertiary/aromatic N) is 1. The predicted octanol–water partition coefficient (Wildman–Crippen LogP) is 3.68. The van der Waals surface area contributed by atoms with Crippen molar-refractivity contribution in [3.63, 3.8) is 0 Å². The van der Waals surface area contributed by atoms with E-state index in [0.717, 1.165) is 30.7 Å². The molecule has 1 saturated carbocycles. The predicted molar refractivity (Wildman–Crippen MR) is 68.5 cm³/mol. The van der Waals surface area contributed by atoms with Crippen LogP contribution in [-0.4, -0.2) is 10.4 Å². The van der Waals surface area contributed by atoms with E-state index >= 15 is 0 Å². The minimum Gasteiger partial charge on any atom is -0.345 e. The van der Waals surface area contributed by atoms with Crippen molar-refractivity contribution in [2.75, 3.05) is 0 Å². The molecule has 1 aromatic rings. The Kier molecular flexibility index (Phi) is 2.61. The Morgan fingerprint density at radius 2 is 2.24 bits per heavy atom. The minimum absolute atomic E-state index is 0.362. The normalized spacial score (nSPS) is 27.1. The summed E-state index contributed by atoms with van der Waals surface area (Å²) in [5.41, 5.74) is 3.66. The number of carbonyl (C=O) groups is 1. The van der Waals surface area contributed by atoms with Crippen LogP contribution in [0.4, 0.5) is 0 Å². The number of aryl methyl sites for hydroxylation is 1.